The molecule has 2 aliphatic rings. The number of para-hydroxylation sites is 1. The van der Waals surface area contributed by atoms with Gasteiger partial charge in [0, 0.05) is 28.0 Å². The van der Waals surface area contributed by atoms with Crippen LogP contribution >= 0.6 is 11.6 Å². The van der Waals surface area contributed by atoms with Gasteiger partial charge in [0.05, 0.1) is 20.1 Å². The van der Waals surface area contributed by atoms with Crippen LogP contribution in [0.2, 0.25) is 5.02 Å². The third-order valence-corrected chi connectivity index (χ3v) is 5.42. The number of likely N-dealkylation sites (N-methyl/N-ethyl adjacent to an activating group) is 1. The molecule has 2 N–H and O–H groups in total. The molecular weight excluding hydrogens is 340 g/mol. The number of primary amides is 1. The van der Waals surface area contributed by atoms with Crippen LogP contribution in [0.4, 0.5) is 4.79 Å². The van der Waals surface area contributed by atoms with E-state index in [1.54, 1.807) is 0 Å². The van der Waals surface area contributed by atoms with Gasteiger partial charge in [0.15, 0.2) is 0 Å². The molecule has 0 spiro atoms. The number of hydrogen-bond donors (Lipinski definition) is 1. The van der Waals surface area contributed by atoms with Crippen molar-refractivity contribution < 1.29 is 18.8 Å². The molecule has 0 aromatic heterocycles. The monoisotopic (exact) mass is 359 g/mol. The number of amides is 1. The average molecular weight is 360 g/mol. The van der Waals surface area contributed by atoms with Crippen molar-refractivity contribution in [1.82, 2.24) is 0 Å². The van der Waals surface area contributed by atoms with Crippen LogP contribution in [0.3, 0.4) is 0 Å². The lowest BCUT2D eigenvalue weighted by Crippen LogP contribution is -2.45. The number of halogens is 1. The van der Waals surface area contributed by atoms with Crippen LogP contribution in [-0.4, -0.2) is 37.4 Å². The summed E-state index contributed by atoms with van der Waals surface area (Å²) in [6.07, 6.45) is -0.737. The molecule has 6 heteroatoms. The number of hydrogen-bond acceptors (Lipinski definition) is 3. The number of quaternary nitrogens is 1. The van der Waals surface area contributed by atoms with E-state index in [2.05, 4.69) is 13.1 Å². The lowest BCUT2D eigenvalue weighted by Gasteiger charge is -2.29. The number of nitrogens with zero attached hydrogens (tertiary/aromatic N) is 1. The van der Waals surface area contributed by atoms with Gasteiger partial charge in [-0.2, -0.15) is 0 Å². The molecular formula is C19H20ClN2O3+. The van der Waals surface area contributed by atoms with Gasteiger partial charge in [0.1, 0.15) is 11.5 Å². The molecule has 1 amide bonds. The minimum atomic E-state index is -0.737. The first kappa shape index (κ1) is 16.2. The zero-order valence-electron chi connectivity index (χ0n) is 13.9. The minimum absolute atomic E-state index is 0.235. The second kappa shape index (κ2) is 5.93. The quantitative estimate of drug-likeness (QED) is 0.829. The second-order valence-electron chi connectivity index (χ2n) is 7.11. The molecule has 0 saturated carbocycles. The van der Waals surface area contributed by atoms with Gasteiger partial charge in [0.25, 0.3) is 0 Å². The van der Waals surface area contributed by atoms with Crippen LogP contribution in [-0.2, 0) is 4.74 Å². The van der Waals surface area contributed by atoms with E-state index in [1.165, 1.54) is 5.56 Å². The minimum Gasteiger partial charge on any atom is -0.457 e. The van der Waals surface area contributed by atoms with Gasteiger partial charge in [-0.15, -0.1) is 0 Å². The molecule has 0 radical (unpaired) electrons. The van der Waals surface area contributed by atoms with Gasteiger partial charge < -0.3 is 15.2 Å². The number of ether oxygens (including phenoxy) is 2. The Hall–Kier alpha value is -2.24. The van der Waals surface area contributed by atoms with Crippen LogP contribution < -0.4 is 10.5 Å². The Morgan fingerprint density at radius 1 is 1.20 bits per heavy atom. The van der Waals surface area contributed by atoms with Crippen LogP contribution in [0, 0.1) is 0 Å². The number of benzene rings is 2. The second-order valence-corrected chi connectivity index (χ2v) is 7.55. The van der Waals surface area contributed by atoms with E-state index in [0.29, 0.717) is 9.51 Å². The van der Waals surface area contributed by atoms with Gasteiger partial charge in [-0.25, -0.2) is 4.79 Å². The first-order valence-electron chi connectivity index (χ1n) is 8.27. The fourth-order valence-electron chi connectivity index (χ4n) is 4.13. The van der Waals surface area contributed by atoms with E-state index in [9.17, 15) is 4.79 Å². The summed E-state index contributed by atoms with van der Waals surface area (Å²) in [6.45, 7) is 1.93. The fraction of sp³-hybridized carbons (Fsp3) is 0.316. The Bertz CT molecular complexity index is 841. The highest BCUT2D eigenvalue weighted by molar-refractivity contribution is 6.30. The van der Waals surface area contributed by atoms with E-state index in [-0.39, 0.29) is 18.6 Å². The lowest BCUT2D eigenvalue weighted by atomic mass is 9.84. The van der Waals surface area contributed by atoms with E-state index in [1.807, 2.05) is 36.4 Å². The number of carbonyl (C=O) groups is 1. The first-order chi connectivity index (χ1) is 12.0. The van der Waals surface area contributed by atoms with Crippen LogP contribution in [0.1, 0.15) is 23.0 Å². The Labute approximate surface area is 151 Å². The molecule has 3 unspecified atom stereocenters. The lowest BCUT2D eigenvalue weighted by molar-refractivity contribution is -0.915. The average Bonchev–Trinajstić information content (AvgIpc) is 2.88. The molecule has 0 bridgehead atoms. The predicted molar refractivity (Wildman–Crippen MR) is 94.9 cm³/mol. The van der Waals surface area contributed by atoms with Gasteiger partial charge in [-0.1, -0.05) is 29.8 Å². The number of rotatable bonds is 2. The summed E-state index contributed by atoms with van der Waals surface area (Å²) in [6, 6.07) is 13.9. The van der Waals surface area contributed by atoms with Gasteiger partial charge in [-0.3, -0.25) is 4.48 Å². The maximum Gasteiger partial charge on any atom is 0.408 e. The van der Waals surface area contributed by atoms with Crippen molar-refractivity contribution in [1.29, 1.82) is 0 Å². The largest absolute Gasteiger partial charge is 0.457 e. The standard InChI is InChI=1S/C19H19ClN2O3/c1-22(11-24-19(21)23)9-15-13-4-2-3-5-17(13)25-18-7-6-12(20)8-14(18)16(15)10-22/h2-8,15-16H,9-11H2,1H3,(H-,21,23)/p+1. The third kappa shape index (κ3) is 2.94. The molecule has 0 aliphatic carbocycles. The molecule has 3 atom stereocenters. The SMILES string of the molecule is C[N+]1(COC(N)=O)CC2c3ccccc3Oc3ccc(Cl)cc3C2C1. The Kier molecular flexibility index (Phi) is 3.85. The normalized spacial score (nSPS) is 26.6. The molecule has 2 aromatic carbocycles. The molecule has 25 heavy (non-hydrogen) atoms. The highest BCUT2D eigenvalue weighted by Crippen LogP contribution is 2.51. The molecule has 5 nitrogen and oxygen atoms in total. The van der Waals surface area contributed by atoms with Crippen molar-refractivity contribution in [3.8, 4) is 11.5 Å². The number of likely N-dealkylation sites (tertiary alicyclic amines) is 1. The summed E-state index contributed by atoms with van der Waals surface area (Å²) in [5.74, 6) is 2.22. The predicted octanol–water partition coefficient (Wildman–Crippen LogP) is 3.83. The summed E-state index contributed by atoms with van der Waals surface area (Å²) < 4.78 is 11.9. The number of fused-ring (bicyclic) bond motifs is 5. The van der Waals surface area contributed by atoms with Gasteiger partial charge >= 0.3 is 6.09 Å². The van der Waals surface area contributed by atoms with Gasteiger partial charge in [0.2, 0.25) is 6.73 Å². The molecule has 130 valence electrons. The van der Waals surface area contributed by atoms with Crippen LogP contribution in [0.5, 0.6) is 11.5 Å². The Morgan fingerprint density at radius 3 is 2.64 bits per heavy atom. The smallest absolute Gasteiger partial charge is 0.408 e. The summed E-state index contributed by atoms with van der Waals surface area (Å²) in [7, 11) is 2.09. The fourth-order valence-corrected chi connectivity index (χ4v) is 4.31. The highest BCUT2D eigenvalue weighted by atomic mass is 35.5. The van der Waals surface area contributed by atoms with Crippen molar-refractivity contribution in [2.45, 2.75) is 11.8 Å². The summed E-state index contributed by atoms with van der Waals surface area (Å²) in [4.78, 5) is 11.1. The van der Waals surface area contributed by atoms with E-state index < -0.39 is 6.09 Å². The zero-order chi connectivity index (χ0) is 17.6. The molecule has 1 fully saturated rings. The van der Waals surface area contributed by atoms with Crippen LogP contribution in [0.25, 0.3) is 0 Å². The van der Waals surface area contributed by atoms with Crippen LogP contribution in [0.15, 0.2) is 42.5 Å². The van der Waals surface area contributed by atoms with Crippen molar-refractivity contribution in [3.63, 3.8) is 0 Å². The Balaban J connectivity index is 1.79. The number of carbonyl (C=O) groups excluding carboxylic acids is 1. The van der Waals surface area contributed by atoms with E-state index in [0.717, 1.165) is 30.2 Å². The maximum absolute atomic E-state index is 11.1. The van der Waals surface area contributed by atoms with E-state index in [4.69, 9.17) is 26.8 Å². The summed E-state index contributed by atoms with van der Waals surface area (Å²) in [5.41, 5.74) is 7.45. The van der Waals surface area contributed by atoms with Crippen molar-refractivity contribution in [2.24, 2.45) is 5.73 Å². The van der Waals surface area contributed by atoms with Crippen molar-refractivity contribution >= 4 is 17.7 Å². The number of nitrogens with two attached hydrogens (primary N) is 1. The first-order valence-corrected chi connectivity index (χ1v) is 8.65. The molecule has 1 saturated heterocycles. The van der Waals surface area contributed by atoms with Crippen molar-refractivity contribution in [2.75, 3.05) is 26.9 Å². The summed E-state index contributed by atoms with van der Waals surface area (Å²) >= 11 is 6.26. The van der Waals surface area contributed by atoms with Gasteiger partial charge in [-0.05, 0) is 24.3 Å². The summed E-state index contributed by atoms with van der Waals surface area (Å²) in [5, 5.41) is 0.696. The Morgan fingerprint density at radius 2 is 1.88 bits per heavy atom. The topological polar surface area (TPSA) is 61.5 Å². The molecule has 2 aromatic rings. The molecule has 2 aliphatic heterocycles. The van der Waals surface area contributed by atoms with E-state index >= 15 is 0 Å². The molecule has 4 rings (SSSR count). The highest BCUT2D eigenvalue weighted by Gasteiger charge is 2.47. The zero-order valence-corrected chi connectivity index (χ0v) is 14.7. The maximum atomic E-state index is 11.1. The molecule has 2 heterocycles. The third-order valence-electron chi connectivity index (χ3n) is 5.19. The van der Waals surface area contributed by atoms with Crippen molar-refractivity contribution in [3.05, 3.63) is 58.6 Å².